The number of rotatable bonds is 7. The Labute approximate surface area is 221 Å². The molecule has 0 aliphatic carbocycles. The van der Waals surface area contributed by atoms with E-state index in [4.69, 9.17) is 9.47 Å². The van der Waals surface area contributed by atoms with Gasteiger partial charge in [-0.1, -0.05) is 38.0 Å². The number of pyridine rings is 1. The fourth-order valence-corrected chi connectivity index (χ4v) is 5.58. The smallest absolute Gasteiger partial charge is 0.249 e. The third-order valence-corrected chi connectivity index (χ3v) is 7.74. The van der Waals surface area contributed by atoms with Crippen molar-refractivity contribution in [3.8, 4) is 17.0 Å². The van der Waals surface area contributed by atoms with Crippen molar-refractivity contribution >= 4 is 37.3 Å². The summed E-state index contributed by atoms with van der Waals surface area (Å²) in [5.74, 6) is 0.224. The van der Waals surface area contributed by atoms with Crippen molar-refractivity contribution in [2.75, 3.05) is 38.1 Å². The molecule has 38 heavy (non-hydrogen) atoms. The summed E-state index contributed by atoms with van der Waals surface area (Å²) in [6.07, 6.45) is 7.41. The van der Waals surface area contributed by atoms with Crippen LogP contribution >= 0.6 is 0 Å². The lowest BCUT2D eigenvalue weighted by atomic mass is 9.95. The fraction of sp³-hybridized carbons (Fsp3) is 0.393. The maximum absolute atomic E-state index is 16.5. The third-order valence-electron chi connectivity index (χ3n) is 6.90. The number of nitrogens with zero attached hydrogens (tertiary/aromatic N) is 4. The quantitative estimate of drug-likeness (QED) is 0.231. The van der Waals surface area contributed by atoms with Gasteiger partial charge in [-0.3, -0.25) is 4.98 Å². The van der Waals surface area contributed by atoms with Crippen molar-refractivity contribution in [2.45, 2.75) is 44.2 Å². The summed E-state index contributed by atoms with van der Waals surface area (Å²) in [6.45, 7) is 3.50. The molecule has 3 heterocycles. The van der Waals surface area contributed by atoms with Crippen molar-refractivity contribution in [3.63, 3.8) is 0 Å². The molecule has 10 heteroatoms. The van der Waals surface area contributed by atoms with E-state index < -0.39 is 20.8 Å². The van der Waals surface area contributed by atoms with Crippen LogP contribution in [-0.4, -0.2) is 56.6 Å². The van der Waals surface area contributed by atoms with Gasteiger partial charge in [0.25, 0.3) is 0 Å². The van der Waals surface area contributed by atoms with Gasteiger partial charge in [-0.25, -0.2) is 22.8 Å². The molecule has 1 aliphatic heterocycles. The zero-order chi connectivity index (χ0) is 26.9. The molecule has 200 valence electrons. The molecule has 4 aromatic rings. The number of hydrogen-bond donors (Lipinski definition) is 0. The van der Waals surface area contributed by atoms with Gasteiger partial charge in [-0.05, 0) is 47.7 Å². The van der Waals surface area contributed by atoms with Crippen LogP contribution in [0.15, 0.2) is 41.7 Å². The van der Waals surface area contributed by atoms with Crippen LogP contribution in [0.25, 0.3) is 32.9 Å². The minimum Gasteiger partial charge on any atom is -0.468 e. The highest BCUT2D eigenvalue weighted by molar-refractivity contribution is 7.90. The first kappa shape index (κ1) is 26.2. The number of sulfone groups is 1. The van der Waals surface area contributed by atoms with Crippen LogP contribution in [0.4, 0.5) is 10.2 Å². The maximum Gasteiger partial charge on any atom is 0.249 e. The van der Waals surface area contributed by atoms with Crippen LogP contribution < -0.4 is 9.64 Å². The van der Waals surface area contributed by atoms with E-state index in [-0.39, 0.29) is 18.0 Å². The zero-order valence-corrected chi connectivity index (χ0v) is 22.6. The second-order valence-electron chi connectivity index (χ2n) is 9.58. The molecule has 0 spiro atoms. The second kappa shape index (κ2) is 10.8. The van der Waals surface area contributed by atoms with Gasteiger partial charge < -0.3 is 14.4 Å². The summed E-state index contributed by atoms with van der Waals surface area (Å²) in [7, 11) is -2.26. The first-order valence-electron chi connectivity index (χ1n) is 12.8. The molecule has 0 amide bonds. The van der Waals surface area contributed by atoms with Gasteiger partial charge in [-0.2, -0.15) is 0 Å². The van der Waals surface area contributed by atoms with Crippen molar-refractivity contribution in [1.82, 2.24) is 15.0 Å². The fourth-order valence-electron chi connectivity index (χ4n) is 5.07. The van der Waals surface area contributed by atoms with Gasteiger partial charge in [0.15, 0.2) is 12.6 Å². The summed E-state index contributed by atoms with van der Waals surface area (Å²) < 4.78 is 52.3. The number of aromatic nitrogens is 3. The summed E-state index contributed by atoms with van der Waals surface area (Å²) >= 11 is 0. The topological polar surface area (TPSA) is 94.5 Å². The Balaban J connectivity index is 1.79. The van der Waals surface area contributed by atoms with E-state index in [9.17, 15) is 8.42 Å². The average Bonchev–Trinajstić information content (AvgIpc) is 3.20. The lowest BCUT2D eigenvalue weighted by Crippen LogP contribution is -2.26. The Bertz CT molecular complexity index is 1600. The monoisotopic (exact) mass is 538 g/mol. The van der Waals surface area contributed by atoms with Gasteiger partial charge in [0.1, 0.15) is 22.8 Å². The molecule has 5 rings (SSSR count). The van der Waals surface area contributed by atoms with Crippen molar-refractivity contribution in [3.05, 3.63) is 47.9 Å². The standard InChI is InChI=1S/C28H31FN4O4S/c1-4-18-10-9-11-19-14-20(37-17-36-2)15-21(23(18)19)25-24(29)26-22(16-30-25)27(32-28(31-26)38(3,34)35)33-12-7-5-6-8-13-33/h9-11,14-16H,4-8,12-13,17H2,1-3H3. The molecule has 0 N–H and O–H groups in total. The molecule has 0 bridgehead atoms. The number of methoxy groups -OCH3 is 1. The number of halogens is 1. The second-order valence-corrected chi connectivity index (χ2v) is 11.5. The number of benzene rings is 2. The first-order chi connectivity index (χ1) is 18.3. The van der Waals surface area contributed by atoms with Crippen molar-refractivity contribution < 1.29 is 22.3 Å². The van der Waals surface area contributed by atoms with Crippen molar-refractivity contribution in [2.24, 2.45) is 0 Å². The molecule has 1 saturated heterocycles. The molecule has 0 unspecified atom stereocenters. The molecule has 0 saturated carbocycles. The lowest BCUT2D eigenvalue weighted by Gasteiger charge is -2.23. The van der Waals surface area contributed by atoms with E-state index in [0.29, 0.717) is 35.6 Å². The highest BCUT2D eigenvalue weighted by Crippen LogP contribution is 2.38. The molecule has 0 radical (unpaired) electrons. The van der Waals surface area contributed by atoms with Crippen LogP contribution in [0.5, 0.6) is 5.75 Å². The number of aryl methyl sites for hydroxylation is 1. The molecule has 1 fully saturated rings. The highest BCUT2D eigenvalue weighted by Gasteiger charge is 2.25. The third kappa shape index (κ3) is 5.02. The van der Waals surface area contributed by atoms with Crippen LogP contribution in [-0.2, 0) is 21.0 Å². The minimum atomic E-state index is -3.79. The normalized spacial score (nSPS) is 14.7. The SMILES string of the molecule is CCc1cccc2cc(OCOC)cc(-c3ncc4c(N5CCCCCC5)nc(S(C)(=O)=O)nc4c3F)c12. The maximum atomic E-state index is 16.5. The van der Waals surface area contributed by atoms with E-state index in [1.807, 2.05) is 36.1 Å². The molecule has 2 aromatic heterocycles. The van der Waals surface area contributed by atoms with Gasteiger partial charge in [-0.15, -0.1) is 0 Å². The van der Waals surface area contributed by atoms with E-state index in [2.05, 4.69) is 15.0 Å². The van der Waals surface area contributed by atoms with Crippen LogP contribution in [0, 0.1) is 5.82 Å². The zero-order valence-electron chi connectivity index (χ0n) is 21.8. The summed E-state index contributed by atoms with van der Waals surface area (Å²) in [6, 6.07) is 9.53. The minimum absolute atomic E-state index is 0.0379. The number of hydrogen-bond acceptors (Lipinski definition) is 8. The van der Waals surface area contributed by atoms with Crippen LogP contribution in [0.2, 0.25) is 0 Å². The van der Waals surface area contributed by atoms with E-state index in [0.717, 1.165) is 54.7 Å². The Morgan fingerprint density at radius 1 is 1.08 bits per heavy atom. The average molecular weight is 539 g/mol. The summed E-state index contributed by atoms with van der Waals surface area (Å²) in [5.41, 5.74) is 1.59. The Hall–Kier alpha value is -3.37. The predicted octanol–water partition coefficient (Wildman–Crippen LogP) is 5.31. The molecule has 1 aliphatic rings. The van der Waals surface area contributed by atoms with Crippen LogP contribution in [0.3, 0.4) is 0 Å². The predicted molar refractivity (Wildman–Crippen MR) is 146 cm³/mol. The number of ether oxygens (including phenoxy) is 2. The van der Waals surface area contributed by atoms with E-state index in [1.165, 1.54) is 7.11 Å². The highest BCUT2D eigenvalue weighted by atomic mass is 32.2. The Morgan fingerprint density at radius 2 is 1.84 bits per heavy atom. The lowest BCUT2D eigenvalue weighted by molar-refractivity contribution is 0.0512. The van der Waals surface area contributed by atoms with E-state index >= 15 is 4.39 Å². The summed E-state index contributed by atoms with van der Waals surface area (Å²) in [4.78, 5) is 15.2. The number of fused-ring (bicyclic) bond motifs is 2. The van der Waals surface area contributed by atoms with E-state index in [1.54, 1.807) is 12.3 Å². The van der Waals surface area contributed by atoms with Gasteiger partial charge >= 0.3 is 0 Å². The van der Waals surface area contributed by atoms with Gasteiger partial charge in [0, 0.05) is 38.2 Å². The molecule has 8 nitrogen and oxygen atoms in total. The summed E-state index contributed by atoms with van der Waals surface area (Å²) in [5, 5.41) is 1.73. The molecule has 2 aromatic carbocycles. The molecular formula is C28H31FN4O4S. The first-order valence-corrected chi connectivity index (χ1v) is 14.7. The van der Waals surface area contributed by atoms with Gasteiger partial charge in [0.05, 0.1) is 5.39 Å². The Kier molecular flexibility index (Phi) is 7.45. The van der Waals surface area contributed by atoms with Gasteiger partial charge in [0.2, 0.25) is 15.0 Å². The van der Waals surface area contributed by atoms with Crippen molar-refractivity contribution in [1.29, 1.82) is 0 Å². The van der Waals surface area contributed by atoms with Crippen LogP contribution in [0.1, 0.15) is 38.2 Å². The largest absolute Gasteiger partial charge is 0.468 e. The molecular weight excluding hydrogens is 507 g/mol. The Morgan fingerprint density at radius 3 is 2.53 bits per heavy atom. The molecule has 0 atom stereocenters. The number of anilines is 1.